The number of hydrogen-bond donors (Lipinski definition) is 2. The summed E-state index contributed by atoms with van der Waals surface area (Å²) in [6, 6.07) is 18.1. The van der Waals surface area contributed by atoms with Gasteiger partial charge in [-0.2, -0.15) is 0 Å². The van der Waals surface area contributed by atoms with E-state index in [9.17, 15) is 4.79 Å². The van der Waals surface area contributed by atoms with Gasteiger partial charge in [0.15, 0.2) is 0 Å². The average molecular weight is 459 g/mol. The number of nitrogens with one attached hydrogen (secondary N) is 2. The highest BCUT2D eigenvalue weighted by atomic mass is 32.1. The lowest BCUT2D eigenvalue weighted by Gasteiger charge is -2.21. The highest BCUT2D eigenvalue weighted by Gasteiger charge is 2.24. The molecule has 33 heavy (non-hydrogen) atoms. The van der Waals surface area contributed by atoms with Crippen LogP contribution in [0.3, 0.4) is 0 Å². The van der Waals surface area contributed by atoms with E-state index in [0.717, 1.165) is 58.5 Å². The largest absolute Gasteiger partial charge is 0.458 e. The van der Waals surface area contributed by atoms with Crippen LogP contribution in [0.4, 0.5) is 22.9 Å². The zero-order chi connectivity index (χ0) is 22.6. The van der Waals surface area contributed by atoms with Gasteiger partial charge in [0.05, 0.1) is 5.39 Å². The van der Waals surface area contributed by atoms with E-state index in [2.05, 4.69) is 20.6 Å². The minimum Gasteiger partial charge on any atom is -0.458 e. The first-order chi connectivity index (χ1) is 16.2. The molecule has 1 fully saturated rings. The number of fused-ring (bicyclic) bond motifs is 1. The summed E-state index contributed by atoms with van der Waals surface area (Å²) < 4.78 is 5.80. The first-order valence-electron chi connectivity index (χ1n) is 11.3. The zero-order valence-corrected chi connectivity index (χ0v) is 19.3. The summed E-state index contributed by atoms with van der Waals surface area (Å²) in [5.41, 5.74) is 3.81. The molecule has 0 spiro atoms. The second-order valence-corrected chi connectivity index (χ2v) is 9.32. The molecule has 1 aliphatic carbocycles. The Morgan fingerprint density at radius 1 is 0.909 bits per heavy atom. The van der Waals surface area contributed by atoms with Gasteiger partial charge in [0, 0.05) is 17.1 Å². The van der Waals surface area contributed by atoms with Crippen molar-refractivity contribution in [2.75, 3.05) is 10.6 Å². The highest BCUT2D eigenvalue weighted by molar-refractivity contribution is 7.20. The standard InChI is InChI=1S/C26H26N4O2S/c1-17-22-24(30-20-14-12-19(13-15-20)29-18-8-4-2-5-9-18)27-16-28-25(22)33-23(17)26(31)32-21-10-6-3-7-11-21/h2,4-5,8-9,12-16,21,29H,3,6-7,10-11H2,1H3,(H,27,28,30). The third-order valence-corrected chi connectivity index (χ3v) is 7.13. The van der Waals surface area contributed by atoms with Gasteiger partial charge >= 0.3 is 5.97 Å². The fraction of sp³-hybridized carbons (Fsp3) is 0.269. The van der Waals surface area contributed by atoms with E-state index < -0.39 is 0 Å². The van der Waals surface area contributed by atoms with Crippen LogP contribution in [0.1, 0.15) is 47.3 Å². The van der Waals surface area contributed by atoms with E-state index in [1.165, 1.54) is 24.1 Å². The Balaban J connectivity index is 1.34. The molecule has 2 aromatic carbocycles. The van der Waals surface area contributed by atoms with Crippen LogP contribution in [0, 0.1) is 6.92 Å². The number of anilines is 4. The predicted octanol–water partition coefficient (Wildman–Crippen LogP) is 6.98. The Morgan fingerprint density at radius 2 is 1.58 bits per heavy atom. The van der Waals surface area contributed by atoms with Gasteiger partial charge in [-0.15, -0.1) is 11.3 Å². The van der Waals surface area contributed by atoms with Gasteiger partial charge in [-0.1, -0.05) is 24.6 Å². The lowest BCUT2D eigenvalue weighted by molar-refractivity contribution is 0.0216. The van der Waals surface area contributed by atoms with Gasteiger partial charge in [0.2, 0.25) is 0 Å². The Bertz CT molecular complexity index is 1250. The Kier molecular flexibility index (Phi) is 6.21. The molecule has 5 rings (SSSR count). The molecule has 2 heterocycles. The number of thiophene rings is 1. The molecule has 1 saturated carbocycles. The Hall–Kier alpha value is -3.45. The van der Waals surface area contributed by atoms with Gasteiger partial charge < -0.3 is 15.4 Å². The second kappa shape index (κ2) is 9.58. The van der Waals surface area contributed by atoms with Crippen molar-refractivity contribution in [1.29, 1.82) is 0 Å². The summed E-state index contributed by atoms with van der Waals surface area (Å²) in [6.45, 7) is 1.94. The van der Waals surface area contributed by atoms with Crippen LogP contribution in [0.15, 0.2) is 60.9 Å². The van der Waals surface area contributed by atoms with Crippen LogP contribution in [-0.2, 0) is 4.74 Å². The number of nitrogens with zero attached hydrogens (tertiary/aromatic N) is 2. The van der Waals surface area contributed by atoms with Gasteiger partial charge in [-0.3, -0.25) is 0 Å². The van der Waals surface area contributed by atoms with Crippen LogP contribution in [0.5, 0.6) is 0 Å². The molecule has 0 bridgehead atoms. The molecule has 1 aliphatic rings. The quantitative estimate of drug-likeness (QED) is 0.304. The monoisotopic (exact) mass is 458 g/mol. The summed E-state index contributed by atoms with van der Waals surface area (Å²) in [4.78, 5) is 23.1. The minimum atomic E-state index is -0.246. The molecule has 168 valence electrons. The van der Waals surface area contributed by atoms with Crippen LogP contribution in [0.25, 0.3) is 10.2 Å². The number of hydrogen-bond acceptors (Lipinski definition) is 7. The maximum atomic E-state index is 12.9. The van der Waals surface area contributed by atoms with E-state index in [1.807, 2.05) is 61.5 Å². The summed E-state index contributed by atoms with van der Waals surface area (Å²) in [6.07, 6.45) is 6.95. The first-order valence-corrected chi connectivity index (χ1v) is 12.1. The molecule has 0 unspecified atom stereocenters. The summed E-state index contributed by atoms with van der Waals surface area (Å²) in [5.74, 6) is 0.443. The number of para-hydroxylation sites is 1. The molecule has 0 atom stereocenters. The van der Waals surface area contributed by atoms with Crippen molar-refractivity contribution in [1.82, 2.24) is 9.97 Å². The number of aryl methyl sites for hydroxylation is 1. The molecule has 2 aromatic heterocycles. The fourth-order valence-corrected chi connectivity index (χ4v) is 5.24. The number of aromatic nitrogens is 2. The molecule has 2 N–H and O–H groups in total. The van der Waals surface area contributed by atoms with Gasteiger partial charge in [-0.25, -0.2) is 14.8 Å². The highest BCUT2D eigenvalue weighted by Crippen LogP contribution is 2.35. The van der Waals surface area contributed by atoms with Gasteiger partial charge in [0.1, 0.15) is 28.0 Å². The molecule has 6 nitrogen and oxygen atoms in total. The molecule has 0 radical (unpaired) electrons. The van der Waals surface area contributed by atoms with Crippen molar-refractivity contribution < 1.29 is 9.53 Å². The number of benzene rings is 2. The zero-order valence-electron chi connectivity index (χ0n) is 18.5. The smallest absolute Gasteiger partial charge is 0.348 e. The number of esters is 1. The molecule has 4 aromatic rings. The number of rotatable bonds is 6. The van der Waals surface area contributed by atoms with Gasteiger partial charge in [0.25, 0.3) is 0 Å². The van der Waals surface area contributed by atoms with E-state index in [0.29, 0.717) is 10.7 Å². The van der Waals surface area contributed by atoms with E-state index in [4.69, 9.17) is 4.74 Å². The van der Waals surface area contributed by atoms with E-state index in [-0.39, 0.29) is 12.1 Å². The maximum Gasteiger partial charge on any atom is 0.348 e. The molecule has 7 heteroatoms. The van der Waals surface area contributed by atoms with E-state index in [1.54, 1.807) is 0 Å². The van der Waals surface area contributed by atoms with Crippen molar-refractivity contribution in [2.45, 2.75) is 45.1 Å². The summed E-state index contributed by atoms with van der Waals surface area (Å²) in [7, 11) is 0. The van der Waals surface area contributed by atoms with Crippen LogP contribution in [0.2, 0.25) is 0 Å². The lowest BCUT2D eigenvalue weighted by Crippen LogP contribution is -2.20. The summed E-state index contributed by atoms with van der Waals surface area (Å²) in [5, 5.41) is 7.63. The molecule has 0 saturated heterocycles. The topological polar surface area (TPSA) is 76.1 Å². The average Bonchev–Trinajstić information content (AvgIpc) is 3.19. The third kappa shape index (κ3) is 4.83. The van der Waals surface area contributed by atoms with Crippen LogP contribution >= 0.6 is 11.3 Å². The Morgan fingerprint density at radius 3 is 2.30 bits per heavy atom. The number of carbonyl (C=O) groups is 1. The van der Waals surface area contributed by atoms with Crippen molar-refractivity contribution >= 4 is 50.4 Å². The van der Waals surface area contributed by atoms with Gasteiger partial charge in [-0.05, 0) is 74.6 Å². The van der Waals surface area contributed by atoms with E-state index >= 15 is 0 Å². The SMILES string of the molecule is Cc1c(C(=O)OC2CCCCC2)sc2ncnc(Nc3ccc(Nc4ccccc4)cc3)c12. The van der Waals surface area contributed by atoms with Crippen molar-refractivity contribution in [3.05, 3.63) is 71.4 Å². The number of carbonyl (C=O) groups excluding carboxylic acids is 1. The third-order valence-electron chi connectivity index (χ3n) is 5.95. The second-order valence-electron chi connectivity index (χ2n) is 8.32. The minimum absolute atomic E-state index is 0.0301. The molecule has 0 amide bonds. The molecular formula is C26H26N4O2S. The van der Waals surface area contributed by atoms with Crippen molar-refractivity contribution in [3.8, 4) is 0 Å². The number of ether oxygens (including phenoxy) is 1. The predicted molar refractivity (Wildman–Crippen MR) is 134 cm³/mol. The van der Waals surface area contributed by atoms with Crippen LogP contribution < -0.4 is 10.6 Å². The molecule has 0 aliphatic heterocycles. The van der Waals surface area contributed by atoms with Crippen molar-refractivity contribution in [2.24, 2.45) is 0 Å². The first kappa shape index (κ1) is 21.4. The normalized spacial score (nSPS) is 14.2. The fourth-order valence-electron chi connectivity index (χ4n) is 4.21. The summed E-state index contributed by atoms with van der Waals surface area (Å²) >= 11 is 1.37. The Labute approximate surface area is 197 Å². The molecular weight excluding hydrogens is 432 g/mol. The maximum absolute atomic E-state index is 12.9. The van der Waals surface area contributed by atoms with Crippen LogP contribution in [-0.4, -0.2) is 22.0 Å². The lowest BCUT2D eigenvalue weighted by atomic mass is 9.98. The van der Waals surface area contributed by atoms with Crippen molar-refractivity contribution in [3.63, 3.8) is 0 Å².